The van der Waals surface area contributed by atoms with E-state index in [1.54, 1.807) is 31.4 Å². The van der Waals surface area contributed by atoms with Crippen molar-refractivity contribution in [2.24, 2.45) is 0 Å². The summed E-state index contributed by atoms with van der Waals surface area (Å²) < 4.78 is 16.7. The van der Waals surface area contributed by atoms with Crippen molar-refractivity contribution in [2.75, 3.05) is 7.11 Å². The van der Waals surface area contributed by atoms with Gasteiger partial charge in [0, 0.05) is 0 Å². The average molecular weight is 139 g/mol. The van der Waals surface area contributed by atoms with Crippen LogP contribution in [0.2, 0.25) is 0 Å². The van der Waals surface area contributed by atoms with Gasteiger partial charge >= 0.3 is 0 Å². The summed E-state index contributed by atoms with van der Waals surface area (Å²) in [6, 6.07) is 6.81. The Morgan fingerprint density at radius 3 is 2.90 bits per heavy atom. The molecule has 0 fully saturated rings. The molecule has 0 aliphatic rings. The Labute approximate surface area is 59.4 Å². The molecule has 0 amide bonds. The van der Waals surface area contributed by atoms with Crippen LogP contribution in [-0.2, 0) is 0 Å². The van der Waals surface area contributed by atoms with Crippen LogP contribution >= 0.6 is 0 Å². The van der Waals surface area contributed by atoms with Crippen LogP contribution in [0.5, 0.6) is 5.75 Å². The molecular weight excluding hydrogens is 131 g/mol. The van der Waals surface area contributed by atoms with Crippen molar-refractivity contribution in [2.45, 2.75) is 0 Å². The first kappa shape index (κ1) is 7.06. The standard InChI is InChI=1S/C8H8FO/c1-10-8-4-2-3-7(5-8)6-9/h2-6H,1H3. The normalized spacial score (nSPS) is 9.40. The zero-order valence-electron chi connectivity index (χ0n) is 5.67. The van der Waals surface area contributed by atoms with E-state index < -0.39 is 0 Å². The summed E-state index contributed by atoms with van der Waals surface area (Å²) in [7, 11) is 1.55. The fourth-order valence-corrected chi connectivity index (χ4v) is 0.709. The quantitative estimate of drug-likeness (QED) is 0.610. The van der Waals surface area contributed by atoms with Crippen LogP contribution in [0, 0.1) is 6.67 Å². The minimum absolute atomic E-state index is 0.527. The monoisotopic (exact) mass is 139 g/mol. The lowest BCUT2D eigenvalue weighted by Crippen LogP contribution is -1.82. The zero-order valence-corrected chi connectivity index (χ0v) is 5.67. The zero-order chi connectivity index (χ0) is 7.40. The van der Waals surface area contributed by atoms with Crippen molar-refractivity contribution in [3.05, 3.63) is 36.5 Å². The van der Waals surface area contributed by atoms with E-state index in [-0.39, 0.29) is 0 Å². The summed E-state index contributed by atoms with van der Waals surface area (Å²) >= 11 is 0. The molecule has 1 aromatic rings. The molecule has 0 aliphatic heterocycles. The molecule has 0 N–H and O–H groups in total. The first-order valence-corrected chi connectivity index (χ1v) is 2.94. The number of rotatable bonds is 2. The van der Waals surface area contributed by atoms with E-state index in [0.717, 1.165) is 0 Å². The lowest BCUT2D eigenvalue weighted by molar-refractivity contribution is 0.414. The minimum atomic E-state index is 0.527. The summed E-state index contributed by atoms with van der Waals surface area (Å²) in [4.78, 5) is 0. The number of benzene rings is 1. The highest BCUT2D eigenvalue weighted by molar-refractivity contribution is 5.31. The first-order valence-electron chi connectivity index (χ1n) is 2.94. The Morgan fingerprint density at radius 1 is 1.50 bits per heavy atom. The largest absolute Gasteiger partial charge is 0.497 e. The van der Waals surface area contributed by atoms with Crippen LogP contribution in [-0.4, -0.2) is 7.11 Å². The Balaban J connectivity index is 2.87. The van der Waals surface area contributed by atoms with Gasteiger partial charge in [-0.25, -0.2) is 4.39 Å². The van der Waals surface area contributed by atoms with Gasteiger partial charge in [-0.3, -0.25) is 0 Å². The summed E-state index contributed by atoms with van der Waals surface area (Å²) in [5.41, 5.74) is 0.527. The van der Waals surface area contributed by atoms with Gasteiger partial charge in [-0.1, -0.05) is 12.1 Å². The third-order valence-corrected chi connectivity index (χ3v) is 1.22. The third kappa shape index (κ3) is 1.47. The Hall–Kier alpha value is -1.05. The molecule has 1 aromatic carbocycles. The van der Waals surface area contributed by atoms with Gasteiger partial charge in [0.15, 0.2) is 6.67 Å². The van der Waals surface area contributed by atoms with E-state index in [0.29, 0.717) is 18.0 Å². The molecule has 0 saturated heterocycles. The van der Waals surface area contributed by atoms with E-state index >= 15 is 0 Å². The second kappa shape index (κ2) is 3.20. The molecule has 0 saturated carbocycles. The van der Waals surface area contributed by atoms with Crippen LogP contribution in [0.25, 0.3) is 0 Å². The van der Waals surface area contributed by atoms with Crippen LogP contribution < -0.4 is 4.74 Å². The second-order valence-corrected chi connectivity index (χ2v) is 1.89. The smallest absolute Gasteiger partial charge is 0.161 e. The molecule has 53 valence electrons. The Bertz CT molecular complexity index is 191. The topological polar surface area (TPSA) is 9.23 Å². The van der Waals surface area contributed by atoms with Crippen molar-refractivity contribution >= 4 is 0 Å². The van der Waals surface area contributed by atoms with E-state index in [2.05, 4.69) is 0 Å². The highest BCUT2D eigenvalue weighted by atomic mass is 19.1. The van der Waals surface area contributed by atoms with Gasteiger partial charge in [-0.05, 0) is 17.7 Å². The van der Waals surface area contributed by atoms with Gasteiger partial charge in [0.25, 0.3) is 0 Å². The van der Waals surface area contributed by atoms with Gasteiger partial charge in [0.1, 0.15) is 5.75 Å². The molecule has 0 aromatic heterocycles. The van der Waals surface area contributed by atoms with Crippen molar-refractivity contribution in [3.8, 4) is 5.75 Å². The Kier molecular flexibility index (Phi) is 2.26. The molecule has 1 nitrogen and oxygen atoms in total. The molecule has 0 atom stereocenters. The highest BCUT2D eigenvalue weighted by Gasteiger charge is 1.93. The third-order valence-electron chi connectivity index (χ3n) is 1.22. The van der Waals surface area contributed by atoms with Gasteiger partial charge in [0.05, 0.1) is 7.11 Å². The van der Waals surface area contributed by atoms with Crippen LogP contribution in [0.1, 0.15) is 5.56 Å². The summed E-state index contributed by atoms with van der Waals surface area (Å²) in [5.74, 6) is 0.673. The lowest BCUT2D eigenvalue weighted by Gasteiger charge is -1.98. The van der Waals surface area contributed by atoms with Gasteiger partial charge < -0.3 is 4.74 Å². The van der Waals surface area contributed by atoms with Gasteiger partial charge in [-0.2, -0.15) is 0 Å². The second-order valence-electron chi connectivity index (χ2n) is 1.89. The van der Waals surface area contributed by atoms with E-state index in [4.69, 9.17) is 4.74 Å². The van der Waals surface area contributed by atoms with Crippen LogP contribution in [0.4, 0.5) is 4.39 Å². The molecule has 0 bridgehead atoms. The van der Waals surface area contributed by atoms with E-state index in [9.17, 15) is 4.39 Å². The first-order chi connectivity index (χ1) is 4.86. The lowest BCUT2D eigenvalue weighted by atomic mass is 10.2. The minimum Gasteiger partial charge on any atom is -0.497 e. The van der Waals surface area contributed by atoms with Crippen molar-refractivity contribution < 1.29 is 9.13 Å². The number of hydrogen-bond donors (Lipinski definition) is 0. The maximum Gasteiger partial charge on any atom is 0.161 e. The van der Waals surface area contributed by atoms with Crippen molar-refractivity contribution in [1.29, 1.82) is 0 Å². The molecular formula is C8H8FO. The predicted octanol–water partition coefficient (Wildman–Crippen LogP) is 2.17. The number of methoxy groups -OCH3 is 1. The maximum atomic E-state index is 11.9. The molecule has 2 heteroatoms. The SMILES string of the molecule is COc1cccc([CH]F)c1. The highest BCUT2D eigenvalue weighted by Crippen LogP contribution is 2.13. The molecule has 10 heavy (non-hydrogen) atoms. The molecule has 0 spiro atoms. The van der Waals surface area contributed by atoms with Crippen LogP contribution in [0.15, 0.2) is 24.3 Å². The average Bonchev–Trinajstić information content (AvgIpc) is 2.05. The predicted molar refractivity (Wildman–Crippen MR) is 37.5 cm³/mol. The van der Waals surface area contributed by atoms with Crippen molar-refractivity contribution in [1.82, 2.24) is 0 Å². The molecule has 0 aliphatic carbocycles. The Morgan fingerprint density at radius 2 is 2.30 bits per heavy atom. The van der Waals surface area contributed by atoms with Gasteiger partial charge in [-0.15, -0.1) is 0 Å². The van der Waals surface area contributed by atoms with E-state index in [1.807, 2.05) is 0 Å². The number of ether oxygens (including phenoxy) is 1. The van der Waals surface area contributed by atoms with Crippen LogP contribution in [0.3, 0.4) is 0 Å². The maximum absolute atomic E-state index is 11.9. The molecule has 1 rings (SSSR count). The summed E-state index contributed by atoms with van der Waals surface area (Å²) in [5, 5.41) is 0. The van der Waals surface area contributed by atoms with E-state index in [1.165, 1.54) is 0 Å². The molecule has 1 radical (unpaired) electrons. The number of hydrogen-bond acceptors (Lipinski definition) is 1. The fourth-order valence-electron chi connectivity index (χ4n) is 0.709. The molecule has 0 unspecified atom stereocenters. The fraction of sp³-hybridized carbons (Fsp3) is 0.125. The van der Waals surface area contributed by atoms with Crippen molar-refractivity contribution in [3.63, 3.8) is 0 Å². The summed E-state index contributed by atoms with van der Waals surface area (Å²) in [6.45, 7) is 0.544. The summed E-state index contributed by atoms with van der Waals surface area (Å²) in [6.07, 6.45) is 0. The molecule has 0 heterocycles. The number of halogens is 1. The van der Waals surface area contributed by atoms with Gasteiger partial charge in [0.2, 0.25) is 0 Å².